The van der Waals surface area contributed by atoms with Crippen molar-refractivity contribution in [1.29, 1.82) is 0 Å². The summed E-state index contributed by atoms with van der Waals surface area (Å²) in [6, 6.07) is 0. The minimum atomic E-state index is 0. The van der Waals surface area contributed by atoms with E-state index in [0.29, 0.717) is 5.76 Å². The van der Waals surface area contributed by atoms with Gasteiger partial charge in [-0.25, -0.2) is 6.08 Å². The van der Waals surface area contributed by atoms with Gasteiger partial charge in [0.25, 0.3) is 0 Å². The van der Waals surface area contributed by atoms with Crippen LogP contribution in [0.5, 0.6) is 0 Å². The van der Waals surface area contributed by atoms with Crippen LogP contribution >= 0.6 is 0 Å². The predicted molar refractivity (Wildman–Crippen MR) is 35.9 cm³/mol. The van der Waals surface area contributed by atoms with E-state index in [2.05, 4.69) is 6.08 Å². The average Bonchev–Trinajstić information content (AvgIpc) is 1.94. The third kappa shape index (κ3) is 5.88. The van der Waals surface area contributed by atoms with Crippen LogP contribution < -0.4 is 0 Å². The first-order valence-corrected chi connectivity index (χ1v) is 2.79. The van der Waals surface area contributed by atoms with Crippen molar-refractivity contribution >= 4 is 0 Å². The van der Waals surface area contributed by atoms with Crippen LogP contribution in [0.4, 0.5) is 0 Å². The van der Waals surface area contributed by atoms with Crippen LogP contribution in [-0.2, 0) is 16.8 Å². The molecule has 2 N–H and O–H groups in total. The van der Waals surface area contributed by atoms with E-state index in [1.54, 1.807) is 12.2 Å². The molecule has 0 atom stereocenters. The number of hydrogen-bond donors (Lipinski definition) is 2. The van der Waals surface area contributed by atoms with Gasteiger partial charge in [-0.15, -0.1) is 6.42 Å². The summed E-state index contributed by atoms with van der Waals surface area (Å²) in [4.78, 5) is 0. The number of aliphatic hydroxyl groups is 2. The Balaban J connectivity index is 0. The second-order valence-electron chi connectivity index (χ2n) is 1.53. The van der Waals surface area contributed by atoms with Crippen molar-refractivity contribution in [2.45, 2.75) is 12.8 Å². The minimum absolute atomic E-state index is 0. The van der Waals surface area contributed by atoms with Gasteiger partial charge in [-0.1, -0.05) is 0 Å². The summed E-state index contributed by atoms with van der Waals surface area (Å²) in [7, 11) is 1.00. The molecule has 2 nitrogen and oxygen atoms in total. The van der Waals surface area contributed by atoms with Gasteiger partial charge in [0.2, 0.25) is 0 Å². The van der Waals surface area contributed by atoms with Gasteiger partial charge in [-0.05, 0) is 6.42 Å². The van der Waals surface area contributed by atoms with Gasteiger partial charge >= 0.3 is 0 Å². The molecule has 0 saturated carbocycles. The summed E-state index contributed by atoms with van der Waals surface area (Å²) >= 11 is 0. The molecule has 0 saturated heterocycles. The molecule has 3 heteroatoms. The second kappa shape index (κ2) is 8.75. The van der Waals surface area contributed by atoms with Gasteiger partial charge in [0.1, 0.15) is 0 Å². The smallest absolute Gasteiger partial charge is 0.0319 e. The van der Waals surface area contributed by atoms with Crippen LogP contribution in [-0.4, -0.2) is 17.3 Å². The summed E-state index contributed by atoms with van der Waals surface area (Å²) in [5, 5.41) is 15.7. The van der Waals surface area contributed by atoms with Gasteiger partial charge in [-0.2, -0.15) is 6.08 Å². The fourth-order valence-corrected chi connectivity index (χ4v) is 0.522. The maximum Gasteiger partial charge on any atom is 0.0319 e. The Hall–Kier alpha value is -0.254. The molecule has 1 radical (unpaired) electrons. The van der Waals surface area contributed by atoms with E-state index < -0.39 is 0 Å². The monoisotopic (exact) mass is 186 g/mol. The zero-order chi connectivity index (χ0) is 7.11. The van der Waals surface area contributed by atoms with Crippen molar-refractivity contribution in [2.75, 3.05) is 7.11 Å². The molecule has 0 spiro atoms. The Morgan fingerprint density at radius 2 is 2.10 bits per heavy atom. The van der Waals surface area contributed by atoms with Crippen LogP contribution in [0.1, 0.15) is 12.8 Å². The van der Waals surface area contributed by atoms with Crippen LogP contribution in [0.3, 0.4) is 0 Å². The first-order valence-electron chi connectivity index (χ1n) is 2.79. The first-order chi connectivity index (χ1) is 4.39. The van der Waals surface area contributed by atoms with Gasteiger partial charge in [0.05, 0.1) is 0 Å². The van der Waals surface area contributed by atoms with Gasteiger partial charge in [-0.3, -0.25) is 6.08 Å². The van der Waals surface area contributed by atoms with E-state index in [9.17, 15) is 0 Å². The normalized spacial score (nSPS) is 14.0. The van der Waals surface area contributed by atoms with Gasteiger partial charge in [0.15, 0.2) is 0 Å². The molecule has 0 unspecified atom stereocenters. The number of allylic oxidation sites excluding steroid dienone is 4. The molecule has 10 heavy (non-hydrogen) atoms. The maximum atomic E-state index is 8.70. The summed E-state index contributed by atoms with van der Waals surface area (Å²) in [6.45, 7) is 0. The molecule has 0 bridgehead atoms. The van der Waals surface area contributed by atoms with E-state index in [1.165, 1.54) is 0 Å². The molecule has 1 rings (SSSR count). The van der Waals surface area contributed by atoms with Gasteiger partial charge < -0.3 is 10.2 Å². The molecule has 0 fully saturated rings. The summed E-state index contributed by atoms with van der Waals surface area (Å²) in [6.07, 6.45) is 8.00. The molecular formula is C7H11CoO2-. The topological polar surface area (TPSA) is 40.5 Å². The average molecular weight is 186 g/mol. The first kappa shape index (κ1) is 12.4. The molecule has 1 aliphatic rings. The van der Waals surface area contributed by atoms with E-state index in [0.717, 1.165) is 20.0 Å². The molecule has 0 aliphatic heterocycles. The molecule has 0 aromatic rings. The van der Waals surface area contributed by atoms with E-state index in [1.807, 2.05) is 0 Å². The largest absolute Gasteiger partial charge is 0.531 e. The van der Waals surface area contributed by atoms with E-state index in [4.69, 9.17) is 10.2 Å². The molecule has 0 aromatic heterocycles. The van der Waals surface area contributed by atoms with Gasteiger partial charge in [0, 0.05) is 29.6 Å². The Kier molecular flexibility index (Phi) is 10.9. The predicted octanol–water partition coefficient (Wildman–Crippen LogP) is 1.19. The second-order valence-corrected chi connectivity index (χ2v) is 1.53. The standard InChI is InChI=1S/C6H7O.CH4O.Co/c7-6-4-2-1-3-5-6;1-2;/h2,4,7H,3,5H2;2H,1H3;/q-1;;. The minimum Gasteiger partial charge on any atom is -0.531 e. The fourth-order valence-electron chi connectivity index (χ4n) is 0.522. The molecule has 0 heterocycles. The molecular weight excluding hydrogens is 175 g/mol. The van der Waals surface area contributed by atoms with Crippen molar-refractivity contribution in [3.63, 3.8) is 0 Å². The Morgan fingerprint density at radius 1 is 1.50 bits per heavy atom. The van der Waals surface area contributed by atoms with Crippen molar-refractivity contribution in [3.8, 4) is 0 Å². The summed E-state index contributed by atoms with van der Waals surface area (Å²) in [5.41, 5.74) is 0. The molecule has 61 valence electrons. The number of aliphatic hydroxyl groups excluding tert-OH is 2. The zero-order valence-electron chi connectivity index (χ0n) is 5.80. The van der Waals surface area contributed by atoms with Crippen molar-refractivity contribution in [2.24, 2.45) is 0 Å². The Bertz CT molecular complexity index is 119. The molecule has 0 amide bonds. The SMILES string of the molecule is CO.OC1=CC=[C-]CC1.[Co]. The van der Waals surface area contributed by atoms with Crippen LogP contribution in [0.2, 0.25) is 0 Å². The summed E-state index contributed by atoms with van der Waals surface area (Å²) < 4.78 is 0. The van der Waals surface area contributed by atoms with E-state index in [-0.39, 0.29) is 16.8 Å². The Morgan fingerprint density at radius 3 is 2.30 bits per heavy atom. The van der Waals surface area contributed by atoms with E-state index >= 15 is 0 Å². The quantitative estimate of drug-likeness (QED) is 0.558. The third-order valence-corrected chi connectivity index (χ3v) is 0.919. The Labute approximate surface area is 71.5 Å². The zero-order valence-corrected chi connectivity index (χ0v) is 6.84. The number of hydrogen-bond acceptors (Lipinski definition) is 2. The van der Waals surface area contributed by atoms with Crippen LogP contribution in [0.25, 0.3) is 0 Å². The van der Waals surface area contributed by atoms with Crippen LogP contribution in [0.15, 0.2) is 17.9 Å². The van der Waals surface area contributed by atoms with Crippen molar-refractivity contribution in [3.05, 3.63) is 24.0 Å². The van der Waals surface area contributed by atoms with Crippen LogP contribution in [0, 0.1) is 6.08 Å². The van der Waals surface area contributed by atoms with Crippen molar-refractivity contribution < 1.29 is 27.0 Å². The molecule has 0 aromatic carbocycles. The maximum absolute atomic E-state index is 8.70. The van der Waals surface area contributed by atoms with Crippen molar-refractivity contribution in [1.82, 2.24) is 0 Å². The molecule has 1 aliphatic carbocycles. The number of rotatable bonds is 0. The summed E-state index contributed by atoms with van der Waals surface area (Å²) in [5.74, 6) is 0.471. The fraction of sp³-hybridized carbons (Fsp3) is 0.429. The third-order valence-electron chi connectivity index (χ3n) is 0.919.